The zero-order valence-corrected chi connectivity index (χ0v) is 24.1. The van der Waals surface area contributed by atoms with Crippen LogP contribution in [0.15, 0.2) is 72.8 Å². The maximum Gasteiger partial charge on any atom is 0.245 e. The molecule has 0 saturated carbocycles. The van der Waals surface area contributed by atoms with E-state index in [0.717, 1.165) is 58.6 Å². The van der Waals surface area contributed by atoms with Crippen molar-refractivity contribution in [1.29, 1.82) is 0 Å². The van der Waals surface area contributed by atoms with Gasteiger partial charge in [-0.15, -0.1) is 0 Å². The fourth-order valence-electron chi connectivity index (χ4n) is 4.82. The second-order valence-corrected chi connectivity index (χ2v) is 10.2. The van der Waals surface area contributed by atoms with Gasteiger partial charge < -0.3 is 24.8 Å². The molecular weight excluding hydrogens is 524 g/mol. The van der Waals surface area contributed by atoms with E-state index >= 15 is 0 Å². The Balaban J connectivity index is 1.55. The van der Waals surface area contributed by atoms with Crippen LogP contribution >= 0.6 is 11.6 Å². The predicted octanol–water partition coefficient (Wildman–Crippen LogP) is 6.35. The number of allylic oxidation sites excluding steroid dienone is 1. The Bertz CT molecular complexity index is 1380. The van der Waals surface area contributed by atoms with Crippen LogP contribution < -0.4 is 14.8 Å². The van der Waals surface area contributed by atoms with Crippen molar-refractivity contribution < 1.29 is 19.4 Å². The van der Waals surface area contributed by atoms with Gasteiger partial charge in [0.05, 0.1) is 11.6 Å². The molecular formula is C33H37ClN2O4. The quantitative estimate of drug-likeness (QED) is 0.211. The lowest BCUT2D eigenvalue weighted by molar-refractivity contribution is -0.123. The van der Waals surface area contributed by atoms with E-state index in [4.69, 9.17) is 21.1 Å². The first-order valence-electron chi connectivity index (χ1n) is 13.7. The van der Waals surface area contributed by atoms with E-state index in [2.05, 4.69) is 17.4 Å². The van der Waals surface area contributed by atoms with E-state index in [1.807, 2.05) is 55.5 Å². The summed E-state index contributed by atoms with van der Waals surface area (Å²) in [4.78, 5) is 13.1. The Labute approximate surface area is 241 Å². The molecule has 0 bridgehead atoms. The molecule has 1 amide bonds. The highest BCUT2D eigenvalue weighted by molar-refractivity contribution is 6.33. The predicted molar refractivity (Wildman–Crippen MR) is 162 cm³/mol. The summed E-state index contributed by atoms with van der Waals surface area (Å²) in [5.74, 6) is 1.78. The minimum atomic E-state index is -0.0331. The van der Waals surface area contributed by atoms with E-state index in [1.165, 1.54) is 10.5 Å². The molecule has 210 valence electrons. The highest BCUT2D eigenvalue weighted by atomic mass is 35.5. The van der Waals surface area contributed by atoms with Gasteiger partial charge in [0.25, 0.3) is 0 Å². The lowest BCUT2D eigenvalue weighted by atomic mass is 9.87. The SMILES string of the molecule is CCOc1ccc(C2=C(c3ccc(OCCNC/C=C/C(=O)N(C)C)cc3)c3ccc(O)cc3CCC2)c(Cl)c1. The molecule has 6 nitrogen and oxygen atoms in total. The second kappa shape index (κ2) is 14.1. The van der Waals surface area contributed by atoms with Gasteiger partial charge in [-0.3, -0.25) is 4.79 Å². The molecule has 0 fully saturated rings. The minimum absolute atomic E-state index is 0.0331. The van der Waals surface area contributed by atoms with E-state index in [1.54, 1.807) is 26.2 Å². The van der Waals surface area contributed by atoms with E-state index in [0.29, 0.717) is 31.3 Å². The summed E-state index contributed by atoms with van der Waals surface area (Å²) in [5.41, 5.74) is 6.58. The van der Waals surface area contributed by atoms with Crippen molar-refractivity contribution in [2.75, 3.05) is 40.4 Å². The highest BCUT2D eigenvalue weighted by Crippen LogP contribution is 2.43. The Kier molecular flexibility index (Phi) is 10.3. The van der Waals surface area contributed by atoms with Crippen molar-refractivity contribution in [1.82, 2.24) is 10.2 Å². The first-order valence-corrected chi connectivity index (χ1v) is 14.0. The van der Waals surface area contributed by atoms with E-state index in [9.17, 15) is 9.90 Å². The van der Waals surface area contributed by atoms with Crippen molar-refractivity contribution in [3.63, 3.8) is 0 Å². The largest absolute Gasteiger partial charge is 0.508 e. The number of hydrogen-bond donors (Lipinski definition) is 2. The summed E-state index contributed by atoms with van der Waals surface area (Å²) in [5, 5.41) is 14.1. The third-order valence-electron chi connectivity index (χ3n) is 6.76. The van der Waals surface area contributed by atoms with Crippen LogP contribution in [0.3, 0.4) is 0 Å². The fraction of sp³-hybridized carbons (Fsp3) is 0.303. The number of carbonyl (C=O) groups is 1. The lowest BCUT2D eigenvalue weighted by Crippen LogP contribution is -2.22. The van der Waals surface area contributed by atoms with Crippen LogP contribution in [-0.4, -0.2) is 56.3 Å². The number of ether oxygens (including phenoxy) is 2. The van der Waals surface area contributed by atoms with Gasteiger partial charge in [-0.25, -0.2) is 0 Å². The van der Waals surface area contributed by atoms with E-state index in [-0.39, 0.29) is 11.7 Å². The molecule has 0 aliphatic heterocycles. The van der Waals surface area contributed by atoms with Crippen LogP contribution in [0.2, 0.25) is 5.02 Å². The minimum Gasteiger partial charge on any atom is -0.508 e. The summed E-state index contributed by atoms with van der Waals surface area (Å²) in [6, 6.07) is 19.7. The Hall–Kier alpha value is -3.74. The number of phenols is 1. The number of halogens is 1. The average Bonchev–Trinajstić information content (AvgIpc) is 3.12. The molecule has 7 heteroatoms. The smallest absolute Gasteiger partial charge is 0.245 e. The van der Waals surface area contributed by atoms with Crippen molar-refractivity contribution in [2.45, 2.75) is 26.2 Å². The summed E-state index contributed by atoms with van der Waals surface area (Å²) < 4.78 is 11.6. The number of rotatable bonds is 11. The van der Waals surface area contributed by atoms with Gasteiger partial charge >= 0.3 is 0 Å². The van der Waals surface area contributed by atoms with Gasteiger partial charge in [0.15, 0.2) is 0 Å². The van der Waals surface area contributed by atoms with Gasteiger partial charge in [-0.05, 0) is 102 Å². The average molecular weight is 561 g/mol. The van der Waals surface area contributed by atoms with Crippen LogP contribution in [0.25, 0.3) is 11.1 Å². The normalized spacial score (nSPS) is 13.2. The molecule has 0 atom stereocenters. The number of benzene rings is 3. The topological polar surface area (TPSA) is 71.0 Å². The van der Waals surface area contributed by atoms with Gasteiger partial charge in [-0.1, -0.05) is 35.9 Å². The number of nitrogens with zero attached hydrogens (tertiary/aromatic N) is 1. The number of nitrogens with one attached hydrogen (secondary N) is 1. The number of carbonyl (C=O) groups excluding carboxylic acids is 1. The van der Waals surface area contributed by atoms with E-state index < -0.39 is 0 Å². The molecule has 0 heterocycles. The maximum atomic E-state index is 11.6. The van der Waals surface area contributed by atoms with Crippen molar-refractivity contribution >= 4 is 28.7 Å². The second-order valence-electron chi connectivity index (χ2n) is 9.84. The molecule has 3 aromatic rings. The van der Waals surface area contributed by atoms with Crippen LogP contribution in [-0.2, 0) is 11.2 Å². The number of likely N-dealkylation sites (N-methyl/N-ethyl adjacent to an activating group) is 1. The standard InChI is InChI=1S/C33H37ClN2O4/c1-4-39-27-15-17-29(31(34)22-27)30-8-5-7-24-21-25(37)12-16-28(24)33(30)23-10-13-26(14-11-23)40-20-19-35-18-6-9-32(38)36(2)3/h6,9-17,21-22,35,37H,4-5,7-8,18-20H2,1-3H3/b9-6+. The molecule has 0 radical (unpaired) electrons. The van der Waals surface area contributed by atoms with Crippen LogP contribution in [0, 0.1) is 0 Å². The monoisotopic (exact) mass is 560 g/mol. The number of hydrogen-bond acceptors (Lipinski definition) is 5. The summed E-state index contributed by atoms with van der Waals surface area (Å²) in [6.45, 7) is 4.30. The zero-order valence-electron chi connectivity index (χ0n) is 23.4. The highest BCUT2D eigenvalue weighted by Gasteiger charge is 2.22. The Morgan fingerprint density at radius 3 is 2.48 bits per heavy atom. The molecule has 1 aliphatic carbocycles. The number of fused-ring (bicyclic) bond motifs is 1. The molecule has 1 aliphatic rings. The third-order valence-corrected chi connectivity index (χ3v) is 7.08. The Morgan fingerprint density at radius 1 is 1.00 bits per heavy atom. The van der Waals surface area contributed by atoms with Gasteiger partial charge in [0.1, 0.15) is 23.9 Å². The zero-order chi connectivity index (χ0) is 28.5. The van der Waals surface area contributed by atoms with Crippen LogP contribution in [0.4, 0.5) is 0 Å². The molecule has 0 aromatic heterocycles. The molecule has 4 rings (SSSR count). The number of amides is 1. The first kappa shape index (κ1) is 29.2. The summed E-state index contributed by atoms with van der Waals surface area (Å²) in [6.07, 6.45) is 6.05. The number of aromatic hydroxyl groups is 1. The lowest BCUT2D eigenvalue weighted by Gasteiger charge is -2.18. The molecule has 0 spiro atoms. The van der Waals surface area contributed by atoms with Crippen LogP contribution in [0.1, 0.15) is 42.0 Å². The van der Waals surface area contributed by atoms with Crippen molar-refractivity contribution in [3.8, 4) is 17.2 Å². The third kappa shape index (κ3) is 7.46. The molecule has 0 saturated heterocycles. The van der Waals surface area contributed by atoms with Gasteiger partial charge in [-0.2, -0.15) is 0 Å². The molecule has 2 N–H and O–H groups in total. The van der Waals surface area contributed by atoms with Crippen molar-refractivity contribution in [3.05, 3.63) is 100 Å². The van der Waals surface area contributed by atoms with Crippen LogP contribution in [0.5, 0.6) is 17.2 Å². The van der Waals surface area contributed by atoms with Gasteiger partial charge in [0, 0.05) is 33.3 Å². The first-order chi connectivity index (χ1) is 19.4. The summed E-state index contributed by atoms with van der Waals surface area (Å²) in [7, 11) is 3.45. The van der Waals surface area contributed by atoms with Gasteiger partial charge in [0.2, 0.25) is 5.91 Å². The molecule has 3 aromatic carbocycles. The summed E-state index contributed by atoms with van der Waals surface area (Å²) >= 11 is 6.81. The number of aryl methyl sites for hydroxylation is 1. The number of phenolic OH excluding ortho intramolecular Hbond substituents is 1. The fourth-order valence-corrected chi connectivity index (χ4v) is 5.11. The maximum absolute atomic E-state index is 11.6. The Morgan fingerprint density at radius 2 is 1.75 bits per heavy atom. The molecule has 40 heavy (non-hydrogen) atoms. The molecule has 0 unspecified atom stereocenters. The van der Waals surface area contributed by atoms with Crippen molar-refractivity contribution in [2.24, 2.45) is 0 Å².